The number of benzene rings is 1. The number of amidine groups is 1. The summed E-state index contributed by atoms with van der Waals surface area (Å²) < 4.78 is 4.85. The molecule has 5 N–H and O–H groups in total. The first-order valence-electron chi connectivity index (χ1n) is 12.6. The first kappa shape index (κ1) is 27.4. The summed E-state index contributed by atoms with van der Waals surface area (Å²) in [4.78, 5) is 41.9. The maximum absolute atomic E-state index is 12.3. The highest BCUT2D eigenvalue weighted by atomic mass is 16.5. The molecular weight excluding hydrogens is 464 g/mol. The molecule has 1 aromatic carbocycles. The van der Waals surface area contributed by atoms with Crippen LogP contribution in [0, 0.1) is 11.3 Å². The summed E-state index contributed by atoms with van der Waals surface area (Å²) in [6.45, 7) is 6.69. The van der Waals surface area contributed by atoms with Crippen molar-refractivity contribution in [2.45, 2.75) is 32.2 Å². The van der Waals surface area contributed by atoms with E-state index in [9.17, 15) is 19.5 Å². The van der Waals surface area contributed by atoms with Crippen LogP contribution in [0.2, 0.25) is 0 Å². The van der Waals surface area contributed by atoms with Crippen molar-refractivity contribution >= 4 is 29.4 Å². The van der Waals surface area contributed by atoms with Crippen LogP contribution in [-0.4, -0.2) is 104 Å². The monoisotopic (exact) mass is 502 g/mol. The zero-order valence-electron chi connectivity index (χ0n) is 20.9. The Morgan fingerprint density at radius 1 is 1.14 bits per heavy atom. The molecule has 1 aromatic rings. The van der Waals surface area contributed by atoms with Crippen LogP contribution in [0.4, 0.5) is 5.69 Å². The summed E-state index contributed by atoms with van der Waals surface area (Å²) in [5.41, 5.74) is 7.37. The molecule has 0 spiro atoms. The summed E-state index contributed by atoms with van der Waals surface area (Å²) in [7, 11) is 0. The number of esters is 1. The highest BCUT2D eigenvalue weighted by molar-refractivity contribution is 5.95. The Balaban J connectivity index is 1.56. The molecule has 2 aliphatic rings. The number of nitrogens with two attached hydrogens (primary N) is 1. The molecule has 0 aliphatic carbocycles. The zero-order valence-corrected chi connectivity index (χ0v) is 20.9. The molecule has 2 atom stereocenters. The van der Waals surface area contributed by atoms with E-state index in [-0.39, 0.29) is 49.8 Å². The van der Waals surface area contributed by atoms with Crippen molar-refractivity contribution in [2.75, 3.05) is 63.9 Å². The minimum absolute atomic E-state index is 0.00229. The van der Waals surface area contributed by atoms with E-state index < -0.39 is 11.9 Å². The number of amides is 1. The van der Waals surface area contributed by atoms with Crippen LogP contribution in [0.15, 0.2) is 24.3 Å². The summed E-state index contributed by atoms with van der Waals surface area (Å²) in [5, 5.41) is 19.4. The van der Waals surface area contributed by atoms with Gasteiger partial charge in [0.1, 0.15) is 12.4 Å². The van der Waals surface area contributed by atoms with Crippen molar-refractivity contribution in [2.24, 2.45) is 11.7 Å². The van der Waals surface area contributed by atoms with Gasteiger partial charge in [0, 0.05) is 63.0 Å². The number of carboxylic acid groups (broad SMARTS) is 1. The number of hydrogen-bond donors (Lipinski definition) is 4. The number of likely N-dealkylation sites (tertiary alicyclic amines) is 1. The number of rotatable bonds is 11. The zero-order chi connectivity index (χ0) is 26.1. The number of piperazine rings is 1. The number of nitrogens with one attached hydrogen (secondary N) is 2. The molecule has 198 valence electrons. The Morgan fingerprint density at radius 3 is 2.44 bits per heavy atom. The molecule has 2 heterocycles. The fraction of sp³-hybridized carbons (Fsp3) is 0.600. The molecule has 11 heteroatoms. The van der Waals surface area contributed by atoms with Crippen molar-refractivity contribution < 1.29 is 24.2 Å². The lowest BCUT2D eigenvalue weighted by molar-refractivity contribution is -0.143. The number of hydrogen-bond acceptors (Lipinski definition) is 8. The maximum Gasteiger partial charge on any atom is 0.325 e. The number of carboxylic acids is 1. The fourth-order valence-corrected chi connectivity index (χ4v) is 5.15. The van der Waals surface area contributed by atoms with Crippen LogP contribution < -0.4 is 16.0 Å². The highest BCUT2D eigenvalue weighted by Crippen LogP contribution is 2.28. The lowest BCUT2D eigenvalue weighted by atomic mass is 9.86. The van der Waals surface area contributed by atoms with E-state index in [1.807, 2.05) is 29.2 Å². The first-order valence-corrected chi connectivity index (χ1v) is 12.6. The van der Waals surface area contributed by atoms with Crippen LogP contribution in [0.1, 0.15) is 31.7 Å². The van der Waals surface area contributed by atoms with Gasteiger partial charge in [-0.25, -0.2) is 0 Å². The molecule has 2 fully saturated rings. The summed E-state index contributed by atoms with van der Waals surface area (Å²) in [6, 6.07) is 7.99. The van der Waals surface area contributed by atoms with E-state index in [4.69, 9.17) is 15.9 Å². The second kappa shape index (κ2) is 13.2. The number of anilines is 1. The molecule has 11 nitrogen and oxygen atoms in total. The number of piperidine rings is 1. The predicted molar refractivity (Wildman–Crippen MR) is 136 cm³/mol. The number of nitrogens with zero attached hydrogens (tertiary/aromatic N) is 3. The van der Waals surface area contributed by atoms with E-state index in [0.717, 1.165) is 44.8 Å². The van der Waals surface area contributed by atoms with Crippen LogP contribution in [0.3, 0.4) is 0 Å². The largest absolute Gasteiger partial charge is 0.480 e. The average Bonchev–Trinajstić information content (AvgIpc) is 2.86. The smallest absolute Gasteiger partial charge is 0.325 e. The van der Waals surface area contributed by atoms with Crippen molar-refractivity contribution in [1.82, 2.24) is 15.1 Å². The Hall–Kier alpha value is -3.18. The van der Waals surface area contributed by atoms with Gasteiger partial charge in [0.25, 0.3) is 0 Å². The van der Waals surface area contributed by atoms with Crippen molar-refractivity contribution in [3.05, 3.63) is 29.8 Å². The Bertz CT molecular complexity index is 916. The van der Waals surface area contributed by atoms with Gasteiger partial charge >= 0.3 is 11.9 Å². The lowest BCUT2D eigenvalue weighted by Crippen LogP contribution is -2.57. The first-order chi connectivity index (χ1) is 17.3. The molecule has 2 aliphatic heterocycles. The van der Waals surface area contributed by atoms with Crippen LogP contribution in [0.25, 0.3) is 0 Å². The van der Waals surface area contributed by atoms with Crippen LogP contribution in [0.5, 0.6) is 0 Å². The molecule has 1 amide bonds. The number of ether oxygens (including phenoxy) is 1. The highest BCUT2D eigenvalue weighted by Gasteiger charge is 2.35. The molecule has 0 radical (unpaired) electrons. The van der Waals surface area contributed by atoms with E-state index >= 15 is 0 Å². The Labute approximate surface area is 212 Å². The number of aliphatic carboxylic acids is 1. The van der Waals surface area contributed by atoms with E-state index in [1.54, 1.807) is 6.92 Å². The molecule has 0 saturated carbocycles. The molecule has 2 saturated heterocycles. The average molecular weight is 503 g/mol. The van der Waals surface area contributed by atoms with Gasteiger partial charge in [0.2, 0.25) is 5.91 Å². The van der Waals surface area contributed by atoms with E-state index in [2.05, 4.69) is 15.1 Å². The topological polar surface area (TPSA) is 152 Å². The van der Waals surface area contributed by atoms with E-state index in [0.29, 0.717) is 18.5 Å². The molecule has 0 bridgehead atoms. The Kier molecular flexibility index (Phi) is 10.1. The summed E-state index contributed by atoms with van der Waals surface area (Å²) in [6.07, 6.45) is 1.77. The van der Waals surface area contributed by atoms with Crippen molar-refractivity contribution in [1.29, 1.82) is 5.41 Å². The van der Waals surface area contributed by atoms with Crippen molar-refractivity contribution in [3.63, 3.8) is 0 Å². The number of nitrogen functional groups attached to an aromatic ring is 1. The minimum atomic E-state index is -0.844. The third kappa shape index (κ3) is 7.92. The van der Waals surface area contributed by atoms with Gasteiger partial charge in [-0.1, -0.05) is 0 Å². The molecule has 36 heavy (non-hydrogen) atoms. The van der Waals surface area contributed by atoms with E-state index in [1.165, 1.54) is 0 Å². The maximum atomic E-state index is 12.3. The fourth-order valence-electron chi connectivity index (χ4n) is 5.15. The summed E-state index contributed by atoms with van der Waals surface area (Å²) in [5.74, 6) is -1.28. The molecular formula is C25H38N6O5. The Morgan fingerprint density at radius 2 is 1.83 bits per heavy atom. The van der Waals surface area contributed by atoms with Gasteiger partial charge in [0.15, 0.2) is 0 Å². The third-order valence-corrected chi connectivity index (χ3v) is 6.94. The molecule has 3 rings (SSSR count). The van der Waals surface area contributed by atoms with Crippen molar-refractivity contribution in [3.8, 4) is 0 Å². The lowest BCUT2D eigenvalue weighted by Gasteiger charge is -2.47. The van der Waals surface area contributed by atoms with Gasteiger partial charge in [-0.3, -0.25) is 29.6 Å². The number of carbonyl (C=O) groups excluding carboxylic acids is 2. The molecule has 2 unspecified atom stereocenters. The summed E-state index contributed by atoms with van der Waals surface area (Å²) >= 11 is 0. The standard InChI is InChI=1S/C25H38N6O5/c1-2-36-24(35)15-28-22(32)8-5-19-16-29(17-23(33)34)10-9-21(19)31-13-11-30(12-14-31)20-6-3-18(4-7-20)25(26)27/h3-4,6-7,19,21H,2,5,8-17H2,1H3,(H3,26,27)(H,28,32)(H,33,34). The second-order valence-corrected chi connectivity index (χ2v) is 9.35. The second-order valence-electron chi connectivity index (χ2n) is 9.35. The normalized spacial score (nSPS) is 21.1. The minimum Gasteiger partial charge on any atom is -0.480 e. The quantitative estimate of drug-likeness (QED) is 0.190. The van der Waals surface area contributed by atoms with Gasteiger partial charge in [0.05, 0.1) is 13.2 Å². The predicted octanol–water partition coefficient (Wildman–Crippen LogP) is 0.327. The van der Waals surface area contributed by atoms with Crippen LogP contribution >= 0.6 is 0 Å². The van der Waals surface area contributed by atoms with Crippen LogP contribution in [-0.2, 0) is 19.1 Å². The van der Waals surface area contributed by atoms with Gasteiger partial charge in [-0.15, -0.1) is 0 Å². The van der Waals surface area contributed by atoms with Gasteiger partial charge < -0.3 is 25.8 Å². The van der Waals surface area contributed by atoms with Gasteiger partial charge in [-0.2, -0.15) is 0 Å². The molecule has 0 aromatic heterocycles. The third-order valence-electron chi connectivity index (χ3n) is 6.94. The van der Waals surface area contributed by atoms with Gasteiger partial charge in [-0.05, 0) is 49.9 Å². The SMILES string of the molecule is CCOC(=O)CNC(=O)CCC1CN(CC(=O)O)CCC1N1CCN(c2ccc(C(=N)N)cc2)CC1. The number of carbonyl (C=O) groups is 3.